The van der Waals surface area contributed by atoms with Gasteiger partial charge in [-0.2, -0.15) is 0 Å². The minimum absolute atomic E-state index is 0.0131. The molecule has 0 bridgehead atoms. The van der Waals surface area contributed by atoms with Gasteiger partial charge in [-0.15, -0.1) is 0 Å². The molecule has 2 aromatic rings. The van der Waals surface area contributed by atoms with E-state index in [-0.39, 0.29) is 18.9 Å². The Morgan fingerprint density at radius 1 is 1.15 bits per heavy atom. The van der Waals surface area contributed by atoms with Crippen LogP contribution in [0.15, 0.2) is 30.6 Å². The van der Waals surface area contributed by atoms with Crippen molar-refractivity contribution in [2.45, 2.75) is 0 Å². The zero-order valence-corrected chi connectivity index (χ0v) is 10.8. The Morgan fingerprint density at radius 3 is 2.45 bits per heavy atom. The molecule has 0 aliphatic rings. The summed E-state index contributed by atoms with van der Waals surface area (Å²) in [6.07, 6.45) is 3.06. The van der Waals surface area contributed by atoms with Gasteiger partial charge in [0.25, 0.3) is 5.69 Å². The van der Waals surface area contributed by atoms with Crippen molar-refractivity contribution < 1.29 is 15.1 Å². The fourth-order valence-electron chi connectivity index (χ4n) is 2.19. The van der Waals surface area contributed by atoms with Crippen LogP contribution < -0.4 is 4.90 Å². The molecule has 2 N–H and O–H groups in total. The minimum atomic E-state index is -0.436. The summed E-state index contributed by atoms with van der Waals surface area (Å²) in [7, 11) is 0. The van der Waals surface area contributed by atoms with E-state index in [1.54, 1.807) is 23.2 Å². The molecule has 1 heterocycles. The Bertz CT molecular complexity index is 612. The topological polar surface area (TPSA) is 99.7 Å². The lowest BCUT2D eigenvalue weighted by Gasteiger charge is -2.24. The van der Waals surface area contributed by atoms with Crippen LogP contribution in [0.2, 0.25) is 0 Å². The molecule has 7 nitrogen and oxygen atoms in total. The number of nitro benzene ring substituents is 1. The summed E-state index contributed by atoms with van der Waals surface area (Å²) in [4.78, 5) is 16.4. The number of nitro groups is 1. The lowest BCUT2D eigenvalue weighted by Crippen LogP contribution is -2.29. The van der Waals surface area contributed by atoms with Crippen LogP contribution in [-0.4, -0.2) is 46.4 Å². The molecule has 0 atom stereocenters. The number of rotatable bonds is 6. The normalized spacial score (nSPS) is 10.7. The van der Waals surface area contributed by atoms with Gasteiger partial charge < -0.3 is 15.1 Å². The minimum Gasteiger partial charge on any atom is -0.395 e. The van der Waals surface area contributed by atoms with Gasteiger partial charge in [-0.25, -0.2) is 0 Å². The molecule has 1 aromatic carbocycles. The van der Waals surface area contributed by atoms with Crippen molar-refractivity contribution in [2.24, 2.45) is 0 Å². The average molecular weight is 277 g/mol. The lowest BCUT2D eigenvalue weighted by atomic mass is 10.1. The second-order valence-corrected chi connectivity index (χ2v) is 4.22. The molecule has 106 valence electrons. The van der Waals surface area contributed by atoms with Crippen LogP contribution in [0.25, 0.3) is 10.8 Å². The Kier molecular flexibility index (Phi) is 4.44. The Hall–Kier alpha value is -2.25. The average Bonchev–Trinajstić information content (AvgIpc) is 2.45. The molecule has 1 aromatic heterocycles. The third kappa shape index (κ3) is 2.68. The van der Waals surface area contributed by atoms with Gasteiger partial charge in [-0.3, -0.25) is 15.1 Å². The molecule has 20 heavy (non-hydrogen) atoms. The van der Waals surface area contributed by atoms with Gasteiger partial charge in [-0.1, -0.05) is 0 Å². The Balaban J connectivity index is 2.59. The quantitative estimate of drug-likeness (QED) is 0.602. The second-order valence-electron chi connectivity index (χ2n) is 4.22. The van der Waals surface area contributed by atoms with Gasteiger partial charge >= 0.3 is 0 Å². The lowest BCUT2D eigenvalue weighted by molar-refractivity contribution is -0.383. The Labute approximate surface area is 115 Å². The van der Waals surface area contributed by atoms with E-state index >= 15 is 0 Å². The fourth-order valence-corrected chi connectivity index (χ4v) is 2.19. The third-order valence-electron chi connectivity index (χ3n) is 3.05. The first-order valence-electron chi connectivity index (χ1n) is 6.17. The summed E-state index contributed by atoms with van der Waals surface area (Å²) >= 11 is 0. The van der Waals surface area contributed by atoms with E-state index in [9.17, 15) is 10.1 Å². The number of pyridine rings is 1. The highest BCUT2D eigenvalue weighted by molar-refractivity contribution is 5.99. The van der Waals surface area contributed by atoms with E-state index in [0.29, 0.717) is 29.5 Å². The molecule has 2 rings (SSSR count). The van der Waals surface area contributed by atoms with E-state index in [4.69, 9.17) is 10.2 Å². The van der Waals surface area contributed by atoms with Gasteiger partial charge in [0, 0.05) is 42.6 Å². The highest BCUT2D eigenvalue weighted by Crippen LogP contribution is 2.32. The fraction of sp³-hybridized carbons (Fsp3) is 0.308. The van der Waals surface area contributed by atoms with Crippen molar-refractivity contribution in [1.82, 2.24) is 4.98 Å². The highest BCUT2D eigenvalue weighted by Gasteiger charge is 2.17. The van der Waals surface area contributed by atoms with Crippen LogP contribution in [0.4, 0.5) is 11.4 Å². The van der Waals surface area contributed by atoms with Crippen molar-refractivity contribution >= 4 is 22.1 Å². The number of aliphatic hydroxyl groups is 2. The summed E-state index contributed by atoms with van der Waals surface area (Å²) in [6, 6.07) is 4.64. The van der Waals surface area contributed by atoms with Crippen LogP contribution >= 0.6 is 0 Å². The molecule has 0 radical (unpaired) electrons. The number of aliphatic hydroxyl groups excluding tert-OH is 2. The van der Waals surface area contributed by atoms with Crippen LogP contribution in [0, 0.1) is 10.1 Å². The maximum Gasteiger partial charge on any atom is 0.277 e. The van der Waals surface area contributed by atoms with Crippen molar-refractivity contribution in [3.63, 3.8) is 0 Å². The van der Waals surface area contributed by atoms with Gasteiger partial charge in [-0.05, 0) is 12.1 Å². The number of nitrogens with zero attached hydrogens (tertiary/aromatic N) is 3. The van der Waals surface area contributed by atoms with Crippen LogP contribution in [0.1, 0.15) is 0 Å². The van der Waals surface area contributed by atoms with E-state index in [2.05, 4.69) is 4.98 Å². The maximum absolute atomic E-state index is 11.0. The number of hydrogen-bond acceptors (Lipinski definition) is 6. The van der Waals surface area contributed by atoms with Gasteiger partial charge in [0.15, 0.2) is 0 Å². The molecule has 0 spiro atoms. The van der Waals surface area contributed by atoms with E-state index < -0.39 is 4.92 Å². The number of hydrogen-bond donors (Lipinski definition) is 2. The molecular formula is C13H15N3O4. The largest absolute Gasteiger partial charge is 0.395 e. The molecule has 0 unspecified atom stereocenters. The van der Waals surface area contributed by atoms with Crippen LogP contribution in [0.3, 0.4) is 0 Å². The predicted octanol–water partition coefficient (Wildman–Crippen LogP) is 0.934. The summed E-state index contributed by atoms with van der Waals surface area (Å²) in [5.74, 6) is 0. The SMILES string of the molecule is O=[N+]([O-])c1ccc(N(CCO)CCO)c2cnccc12. The number of benzene rings is 1. The summed E-state index contributed by atoms with van der Waals surface area (Å²) < 4.78 is 0. The van der Waals surface area contributed by atoms with Gasteiger partial charge in [0.1, 0.15) is 0 Å². The predicted molar refractivity (Wildman–Crippen MR) is 74.8 cm³/mol. The van der Waals surface area contributed by atoms with E-state index in [1.807, 2.05) is 0 Å². The molecular weight excluding hydrogens is 262 g/mol. The van der Waals surface area contributed by atoms with E-state index in [0.717, 1.165) is 0 Å². The van der Waals surface area contributed by atoms with Crippen LogP contribution in [0.5, 0.6) is 0 Å². The summed E-state index contributed by atoms with van der Waals surface area (Å²) in [6.45, 7) is 0.530. The molecule has 0 aliphatic carbocycles. The third-order valence-corrected chi connectivity index (χ3v) is 3.05. The maximum atomic E-state index is 11.0. The molecule has 7 heteroatoms. The highest BCUT2D eigenvalue weighted by atomic mass is 16.6. The number of fused-ring (bicyclic) bond motifs is 1. The van der Waals surface area contributed by atoms with Crippen LogP contribution in [-0.2, 0) is 0 Å². The molecule has 0 saturated heterocycles. The zero-order chi connectivity index (χ0) is 14.5. The molecule has 0 amide bonds. The monoisotopic (exact) mass is 277 g/mol. The zero-order valence-electron chi connectivity index (χ0n) is 10.8. The van der Waals surface area contributed by atoms with Gasteiger partial charge in [0.2, 0.25) is 0 Å². The second kappa shape index (κ2) is 6.27. The van der Waals surface area contributed by atoms with Crippen molar-refractivity contribution in [3.05, 3.63) is 40.7 Å². The number of anilines is 1. The number of non-ortho nitro benzene ring substituents is 1. The smallest absolute Gasteiger partial charge is 0.277 e. The van der Waals surface area contributed by atoms with Crippen molar-refractivity contribution in [2.75, 3.05) is 31.2 Å². The van der Waals surface area contributed by atoms with Crippen molar-refractivity contribution in [1.29, 1.82) is 0 Å². The van der Waals surface area contributed by atoms with E-state index in [1.165, 1.54) is 12.3 Å². The van der Waals surface area contributed by atoms with Gasteiger partial charge in [0.05, 0.1) is 23.5 Å². The molecule has 0 aliphatic heterocycles. The van der Waals surface area contributed by atoms with Crippen molar-refractivity contribution in [3.8, 4) is 0 Å². The standard InChI is InChI=1S/C13H15N3O4/c17-7-5-15(6-8-18)12-1-2-13(16(19)20)10-3-4-14-9-11(10)12/h1-4,9,17-18H,5-8H2. The Morgan fingerprint density at radius 2 is 1.85 bits per heavy atom. The molecule has 0 fully saturated rings. The first-order chi connectivity index (χ1) is 9.69. The first kappa shape index (κ1) is 14.2. The summed E-state index contributed by atoms with van der Waals surface area (Å²) in [5.41, 5.74) is 0.723. The summed E-state index contributed by atoms with van der Waals surface area (Å²) in [5, 5.41) is 30.3. The molecule has 0 saturated carbocycles. The first-order valence-corrected chi connectivity index (χ1v) is 6.17. The number of aromatic nitrogens is 1.